The van der Waals surface area contributed by atoms with Gasteiger partial charge in [0.05, 0.1) is 22.8 Å². The molecule has 0 aromatic carbocycles. The molecule has 2 atom stereocenters. The molecular weight excluding hydrogens is 418 g/mol. The lowest BCUT2D eigenvalue weighted by Crippen LogP contribution is -2.38. The van der Waals surface area contributed by atoms with Crippen LogP contribution in [0, 0.1) is 0 Å². The zero-order valence-corrected chi connectivity index (χ0v) is 20.9. The average molecular weight is 465 g/mol. The van der Waals surface area contributed by atoms with E-state index in [1.165, 1.54) is 64.2 Å². The number of ether oxygens (including phenoxy) is 3. The standard InChI is InChI=1S/C23H47NO6S/c1-4-6-8-9-10-11-13-16-24(15-12-7-5-2)19-22-20-29-23(3,30-22)21-28-17-14-18-31(25,26)27/h22H,4-21H2,1-3H3,(H,25,26,27)/p-1. The van der Waals surface area contributed by atoms with E-state index in [2.05, 4.69) is 18.7 Å². The second kappa shape index (κ2) is 16.4. The molecular formula is C23H46NO6S-. The quantitative estimate of drug-likeness (QED) is 0.196. The molecule has 0 amide bonds. The van der Waals surface area contributed by atoms with Crippen LogP contribution in [0.2, 0.25) is 0 Å². The van der Waals surface area contributed by atoms with Gasteiger partial charge in [0.25, 0.3) is 0 Å². The van der Waals surface area contributed by atoms with Crippen LogP contribution in [0.25, 0.3) is 0 Å². The third kappa shape index (κ3) is 15.3. The Morgan fingerprint density at radius 3 is 2.19 bits per heavy atom. The minimum Gasteiger partial charge on any atom is -0.748 e. The van der Waals surface area contributed by atoms with Gasteiger partial charge in [0.2, 0.25) is 0 Å². The summed E-state index contributed by atoms with van der Waals surface area (Å²) in [5.74, 6) is -1.21. The topological polar surface area (TPSA) is 88.1 Å². The maximum atomic E-state index is 10.6. The largest absolute Gasteiger partial charge is 0.748 e. The average Bonchev–Trinajstić information content (AvgIpc) is 3.06. The van der Waals surface area contributed by atoms with Crippen LogP contribution >= 0.6 is 0 Å². The lowest BCUT2D eigenvalue weighted by atomic mass is 10.1. The Balaban J connectivity index is 2.31. The van der Waals surface area contributed by atoms with Gasteiger partial charge in [-0.25, -0.2) is 8.42 Å². The molecule has 0 N–H and O–H groups in total. The van der Waals surface area contributed by atoms with E-state index in [0.29, 0.717) is 6.61 Å². The number of hydrogen-bond acceptors (Lipinski definition) is 7. The van der Waals surface area contributed by atoms with E-state index in [1.54, 1.807) is 0 Å². The van der Waals surface area contributed by atoms with E-state index in [9.17, 15) is 13.0 Å². The molecule has 1 aliphatic rings. The van der Waals surface area contributed by atoms with Crippen molar-refractivity contribution < 1.29 is 27.2 Å². The highest BCUT2D eigenvalue weighted by Gasteiger charge is 2.38. The first-order valence-corrected chi connectivity index (χ1v) is 13.9. The molecule has 1 heterocycles. The molecule has 0 aromatic rings. The second-order valence-corrected chi connectivity index (χ2v) is 10.5. The van der Waals surface area contributed by atoms with Crippen molar-refractivity contribution >= 4 is 10.1 Å². The lowest BCUT2D eigenvalue weighted by Gasteiger charge is -2.27. The van der Waals surface area contributed by atoms with Crippen LogP contribution in [-0.4, -0.2) is 75.0 Å². The Bertz CT molecular complexity index is 544. The van der Waals surface area contributed by atoms with Crippen LogP contribution in [0.1, 0.15) is 91.4 Å². The molecule has 0 spiro atoms. The predicted molar refractivity (Wildman–Crippen MR) is 123 cm³/mol. The third-order valence-electron chi connectivity index (χ3n) is 5.66. The molecule has 0 radical (unpaired) electrons. The highest BCUT2D eigenvalue weighted by Crippen LogP contribution is 2.24. The summed E-state index contributed by atoms with van der Waals surface area (Å²) in [6.07, 6.45) is 13.1. The van der Waals surface area contributed by atoms with Crippen molar-refractivity contribution in [3.8, 4) is 0 Å². The predicted octanol–water partition coefficient (Wildman–Crippen LogP) is 4.31. The Morgan fingerprint density at radius 1 is 0.968 bits per heavy atom. The fourth-order valence-electron chi connectivity index (χ4n) is 3.91. The highest BCUT2D eigenvalue weighted by molar-refractivity contribution is 7.85. The van der Waals surface area contributed by atoms with Gasteiger partial charge in [0, 0.05) is 18.9 Å². The van der Waals surface area contributed by atoms with Crippen molar-refractivity contribution in [2.75, 3.05) is 45.2 Å². The van der Waals surface area contributed by atoms with Crippen molar-refractivity contribution in [3.05, 3.63) is 0 Å². The SMILES string of the molecule is CCCCCCCCCN(CCCCC)CC1COC(C)(COCCCS(=O)(=O)[O-])O1. The van der Waals surface area contributed by atoms with Gasteiger partial charge < -0.3 is 23.7 Å². The van der Waals surface area contributed by atoms with Crippen LogP contribution in [0.15, 0.2) is 0 Å². The fraction of sp³-hybridized carbons (Fsp3) is 1.00. The van der Waals surface area contributed by atoms with Crippen LogP contribution in [0.3, 0.4) is 0 Å². The van der Waals surface area contributed by atoms with Crippen molar-refractivity contribution in [3.63, 3.8) is 0 Å². The van der Waals surface area contributed by atoms with Crippen LogP contribution in [0.4, 0.5) is 0 Å². The van der Waals surface area contributed by atoms with Gasteiger partial charge in [0.1, 0.15) is 6.61 Å². The third-order valence-corrected chi connectivity index (χ3v) is 6.44. The second-order valence-electron chi connectivity index (χ2n) is 8.98. The van der Waals surface area contributed by atoms with Crippen molar-refractivity contribution in [2.24, 2.45) is 0 Å². The van der Waals surface area contributed by atoms with E-state index >= 15 is 0 Å². The molecule has 186 valence electrons. The Hall–Kier alpha value is -0.250. The fourth-order valence-corrected chi connectivity index (χ4v) is 4.38. The molecule has 8 heteroatoms. The smallest absolute Gasteiger partial charge is 0.189 e. The highest BCUT2D eigenvalue weighted by atomic mass is 32.2. The lowest BCUT2D eigenvalue weighted by molar-refractivity contribution is -0.190. The Kier molecular flexibility index (Phi) is 15.2. The molecule has 1 saturated heterocycles. The first-order chi connectivity index (χ1) is 14.8. The van der Waals surface area contributed by atoms with E-state index < -0.39 is 21.7 Å². The monoisotopic (exact) mass is 464 g/mol. The van der Waals surface area contributed by atoms with E-state index in [4.69, 9.17) is 14.2 Å². The van der Waals surface area contributed by atoms with Crippen molar-refractivity contribution in [1.29, 1.82) is 0 Å². The maximum absolute atomic E-state index is 10.6. The van der Waals surface area contributed by atoms with Gasteiger partial charge in [-0.15, -0.1) is 0 Å². The first-order valence-electron chi connectivity index (χ1n) is 12.3. The number of nitrogens with zero attached hydrogens (tertiary/aromatic N) is 1. The summed E-state index contributed by atoms with van der Waals surface area (Å²) in [7, 11) is -4.18. The van der Waals surface area contributed by atoms with Gasteiger partial charge in [-0.1, -0.05) is 65.2 Å². The molecule has 31 heavy (non-hydrogen) atoms. The Morgan fingerprint density at radius 2 is 1.55 bits per heavy atom. The van der Waals surface area contributed by atoms with Gasteiger partial charge in [-0.2, -0.15) is 0 Å². The first kappa shape index (κ1) is 28.8. The molecule has 2 unspecified atom stereocenters. The summed E-state index contributed by atoms with van der Waals surface area (Å²) in [4.78, 5) is 2.52. The number of unbranched alkanes of at least 4 members (excludes halogenated alkanes) is 8. The zero-order valence-electron chi connectivity index (χ0n) is 20.1. The van der Waals surface area contributed by atoms with Crippen LogP contribution in [-0.2, 0) is 24.3 Å². The number of hydrogen-bond donors (Lipinski definition) is 0. The summed E-state index contributed by atoms with van der Waals surface area (Å²) in [6.45, 7) is 10.4. The summed E-state index contributed by atoms with van der Waals surface area (Å²) in [5, 5.41) is 0. The molecule has 0 aliphatic carbocycles. The molecule has 0 bridgehead atoms. The maximum Gasteiger partial charge on any atom is 0.189 e. The molecule has 7 nitrogen and oxygen atoms in total. The summed E-state index contributed by atoms with van der Waals surface area (Å²) in [6, 6.07) is 0. The van der Waals surface area contributed by atoms with Crippen molar-refractivity contribution in [2.45, 2.75) is 103 Å². The summed E-state index contributed by atoms with van der Waals surface area (Å²) >= 11 is 0. The van der Waals surface area contributed by atoms with Gasteiger partial charge >= 0.3 is 0 Å². The molecule has 1 fully saturated rings. The van der Waals surface area contributed by atoms with Gasteiger partial charge in [-0.05, 0) is 39.3 Å². The number of rotatable bonds is 20. The minimum absolute atomic E-state index is 0.0156. The Labute approximate surface area is 190 Å². The van der Waals surface area contributed by atoms with Crippen molar-refractivity contribution in [1.82, 2.24) is 4.90 Å². The van der Waals surface area contributed by atoms with E-state index in [0.717, 1.165) is 19.6 Å². The van der Waals surface area contributed by atoms with Gasteiger partial charge in [-0.3, -0.25) is 0 Å². The molecule has 1 rings (SSSR count). The zero-order chi connectivity index (χ0) is 23.0. The normalized spacial score (nSPS) is 21.9. The van der Waals surface area contributed by atoms with E-state index in [-0.39, 0.29) is 25.7 Å². The molecule has 0 aromatic heterocycles. The summed E-state index contributed by atoms with van der Waals surface area (Å²) in [5.41, 5.74) is 0. The van der Waals surface area contributed by atoms with Crippen LogP contribution in [0.5, 0.6) is 0 Å². The van der Waals surface area contributed by atoms with Crippen LogP contribution < -0.4 is 0 Å². The summed E-state index contributed by atoms with van der Waals surface area (Å²) < 4.78 is 49.4. The van der Waals surface area contributed by atoms with E-state index in [1.807, 2.05) is 6.92 Å². The molecule has 0 saturated carbocycles. The van der Waals surface area contributed by atoms with Gasteiger partial charge in [0.15, 0.2) is 5.79 Å². The minimum atomic E-state index is -4.18. The molecule has 1 aliphatic heterocycles.